The lowest BCUT2D eigenvalue weighted by atomic mass is 10.2. The Morgan fingerprint density at radius 1 is 0.977 bits per heavy atom. The number of methoxy groups -OCH3 is 1. The lowest BCUT2D eigenvalue weighted by Crippen LogP contribution is -2.50. The number of rotatable bonds is 9. The number of aromatic nitrogens is 1. The number of anilines is 1. The van der Waals surface area contributed by atoms with Crippen LogP contribution in [-0.2, 0) is 14.8 Å². The normalized spacial score (nSPS) is 16.4. The number of hydrogen-bond donors (Lipinski definition) is 1. The summed E-state index contributed by atoms with van der Waals surface area (Å²) in [5.41, 5.74) is 2.50. The molecule has 240 valence electrons. The fraction of sp³-hybridized carbons (Fsp3) is 0.483. The quantitative estimate of drug-likeness (QED) is 0.367. The third kappa shape index (κ3) is 7.37. The summed E-state index contributed by atoms with van der Waals surface area (Å²) in [6.07, 6.45) is -0.432. The van der Waals surface area contributed by atoms with E-state index in [1.807, 2.05) is 6.07 Å². The van der Waals surface area contributed by atoms with E-state index in [2.05, 4.69) is 28.1 Å². The minimum atomic E-state index is -3.73. The fourth-order valence-electron chi connectivity index (χ4n) is 5.24. The second kappa shape index (κ2) is 14.7. The predicted molar refractivity (Wildman–Crippen MR) is 173 cm³/mol. The summed E-state index contributed by atoms with van der Waals surface area (Å²) in [4.78, 5) is 35.7. The molecule has 12 nitrogen and oxygen atoms in total. The van der Waals surface area contributed by atoms with Crippen molar-refractivity contribution in [3.05, 3.63) is 47.5 Å². The first-order valence-electron chi connectivity index (χ1n) is 14.4. The van der Waals surface area contributed by atoms with E-state index in [0.29, 0.717) is 12.1 Å². The Morgan fingerprint density at radius 3 is 2.30 bits per heavy atom. The molecule has 1 N–H and O–H groups in total. The van der Waals surface area contributed by atoms with E-state index in [0.717, 1.165) is 53.8 Å². The third-order valence-electron chi connectivity index (χ3n) is 7.79. The van der Waals surface area contributed by atoms with E-state index in [9.17, 15) is 18.0 Å². The van der Waals surface area contributed by atoms with Gasteiger partial charge in [-0.15, -0.1) is 12.4 Å². The van der Waals surface area contributed by atoms with Crippen LogP contribution in [0.5, 0.6) is 5.75 Å². The summed E-state index contributed by atoms with van der Waals surface area (Å²) in [6.45, 7) is 9.64. The standard InChI is InChI=1S/C29H38N6O6S2.ClH/c1-4-41-29(37)34-17-19-35(20-18-34)43(38,39)23-8-6-22(7-9-23)27(36)30-11-12-32-13-15-33(16-14-32)28-31-25-24(40-3)10-5-21(2)26(25)42-28;/h5-10H,4,11-20H2,1-3H3,(H,30,36);1H. The Kier molecular flexibility index (Phi) is 11.3. The van der Waals surface area contributed by atoms with Gasteiger partial charge >= 0.3 is 6.09 Å². The topological polar surface area (TPSA) is 125 Å². The largest absolute Gasteiger partial charge is 0.494 e. The Morgan fingerprint density at radius 2 is 1.66 bits per heavy atom. The second-order valence-corrected chi connectivity index (χ2v) is 13.4. The van der Waals surface area contributed by atoms with E-state index in [1.54, 1.807) is 25.4 Å². The Hall–Kier alpha value is -3.17. The highest BCUT2D eigenvalue weighted by Crippen LogP contribution is 2.36. The van der Waals surface area contributed by atoms with Crippen molar-refractivity contribution in [3.63, 3.8) is 0 Å². The number of aryl methyl sites for hydroxylation is 1. The highest BCUT2D eigenvalue weighted by Gasteiger charge is 2.30. The van der Waals surface area contributed by atoms with Crippen LogP contribution in [0.4, 0.5) is 9.93 Å². The molecule has 0 spiro atoms. The lowest BCUT2D eigenvalue weighted by molar-refractivity contribution is 0.0932. The van der Waals surface area contributed by atoms with Crippen molar-refractivity contribution >= 4 is 61.1 Å². The van der Waals surface area contributed by atoms with Crippen LogP contribution in [0, 0.1) is 6.92 Å². The predicted octanol–water partition coefficient (Wildman–Crippen LogP) is 3.05. The van der Waals surface area contributed by atoms with Gasteiger partial charge in [0, 0.05) is 71.0 Å². The number of nitrogens with one attached hydrogen (secondary N) is 1. The summed E-state index contributed by atoms with van der Waals surface area (Å²) in [5, 5.41) is 3.95. The monoisotopic (exact) mass is 666 g/mol. The van der Waals surface area contributed by atoms with Gasteiger partial charge in [-0.25, -0.2) is 18.2 Å². The number of ether oxygens (including phenoxy) is 2. The summed E-state index contributed by atoms with van der Waals surface area (Å²) >= 11 is 1.69. The minimum absolute atomic E-state index is 0. The number of fused-ring (bicyclic) bond motifs is 1. The molecule has 0 aliphatic carbocycles. The minimum Gasteiger partial charge on any atom is -0.494 e. The molecule has 15 heteroatoms. The first-order chi connectivity index (χ1) is 20.7. The fourth-order valence-corrected chi connectivity index (χ4v) is 7.77. The summed E-state index contributed by atoms with van der Waals surface area (Å²) in [7, 11) is -2.07. The Bertz CT molecular complexity index is 1550. The van der Waals surface area contributed by atoms with Gasteiger partial charge in [0.2, 0.25) is 10.0 Å². The number of carbonyl (C=O) groups excluding carboxylic acids is 2. The number of halogens is 1. The van der Waals surface area contributed by atoms with Crippen LogP contribution in [0.1, 0.15) is 22.8 Å². The van der Waals surface area contributed by atoms with E-state index in [4.69, 9.17) is 14.5 Å². The van der Waals surface area contributed by atoms with Gasteiger partial charge in [0.25, 0.3) is 5.91 Å². The maximum atomic E-state index is 13.1. The molecule has 2 aliphatic heterocycles. The number of sulfonamides is 1. The molecule has 1 aromatic heterocycles. The molecule has 0 unspecified atom stereocenters. The molecular formula is C29H39ClN6O6S2. The maximum Gasteiger partial charge on any atom is 0.409 e. The van der Waals surface area contributed by atoms with Crippen molar-refractivity contribution < 1.29 is 27.5 Å². The van der Waals surface area contributed by atoms with Crippen molar-refractivity contribution in [2.75, 3.05) is 84.1 Å². The van der Waals surface area contributed by atoms with Gasteiger partial charge in [0.1, 0.15) is 11.3 Å². The van der Waals surface area contributed by atoms with E-state index >= 15 is 0 Å². The molecule has 3 aromatic rings. The molecule has 44 heavy (non-hydrogen) atoms. The van der Waals surface area contributed by atoms with Gasteiger partial charge in [-0.1, -0.05) is 17.4 Å². The van der Waals surface area contributed by atoms with Crippen molar-refractivity contribution in [2.24, 2.45) is 0 Å². The molecular weight excluding hydrogens is 628 g/mol. The van der Waals surface area contributed by atoms with Gasteiger partial charge in [-0.2, -0.15) is 4.31 Å². The Balaban J connectivity index is 0.00000442. The van der Waals surface area contributed by atoms with Crippen molar-refractivity contribution in [2.45, 2.75) is 18.7 Å². The molecule has 2 aromatic carbocycles. The SMILES string of the molecule is CCOC(=O)N1CCN(S(=O)(=O)c2ccc(C(=O)NCCN3CCN(c4nc5c(OC)ccc(C)c5s4)CC3)cc2)CC1.Cl. The number of nitrogens with zero attached hydrogens (tertiary/aromatic N) is 5. The number of amides is 2. The van der Waals surface area contributed by atoms with E-state index in [-0.39, 0.29) is 56.0 Å². The molecule has 2 fully saturated rings. The maximum absolute atomic E-state index is 13.1. The number of carbonyl (C=O) groups is 2. The molecule has 0 radical (unpaired) electrons. The number of hydrogen-bond acceptors (Lipinski definition) is 10. The lowest BCUT2D eigenvalue weighted by Gasteiger charge is -2.34. The van der Waals surface area contributed by atoms with Gasteiger partial charge < -0.3 is 24.6 Å². The molecule has 0 atom stereocenters. The number of piperazine rings is 2. The second-order valence-electron chi connectivity index (χ2n) is 10.5. The van der Waals surface area contributed by atoms with Gasteiger partial charge in [-0.05, 0) is 49.7 Å². The van der Waals surface area contributed by atoms with Gasteiger partial charge in [-0.3, -0.25) is 9.69 Å². The van der Waals surface area contributed by atoms with E-state index < -0.39 is 16.1 Å². The molecule has 3 heterocycles. The zero-order chi connectivity index (χ0) is 30.6. The molecule has 2 saturated heterocycles. The molecule has 2 aliphatic rings. The zero-order valence-corrected chi connectivity index (χ0v) is 27.6. The zero-order valence-electron chi connectivity index (χ0n) is 25.2. The summed E-state index contributed by atoms with van der Waals surface area (Å²) in [6, 6.07) is 10.0. The van der Waals surface area contributed by atoms with Crippen LogP contribution >= 0.6 is 23.7 Å². The van der Waals surface area contributed by atoms with Crippen LogP contribution in [0.25, 0.3) is 10.2 Å². The van der Waals surface area contributed by atoms with Gasteiger partial charge in [0.05, 0.1) is 23.3 Å². The van der Waals surface area contributed by atoms with Crippen LogP contribution in [0.3, 0.4) is 0 Å². The van der Waals surface area contributed by atoms with Crippen molar-refractivity contribution in [1.29, 1.82) is 0 Å². The first kappa shape index (κ1) is 33.7. The first-order valence-corrected chi connectivity index (χ1v) is 16.7. The number of benzene rings is 2. The van der Waals surface area contributed by atoms with Crippen LogP contribution in [-0.4, -0.2) is 119 Å². The van der Waals surface area contributed by atoms with E-state index in [1.165, 1.54) is 39.0 Å². The highest BCUT2D eigenvalue weighted by molar-refractivity contribution is 7.89. The average molecular weight is 667 g/mol. The van der Waals surface area contributed by atoms with Gasteiger partial charge in [0.15, 0.2) is 5.13 Å². The third-order valence-corrected chi connectivity index (χ3v) is 11.0. The summed E-state index contributed by atoms with van der Waals surface area (Å²) in [5.74, 6) is 0.545. The molecule has 5 rings (SSSR count). The van der Waals surface area contributed by atoms with Crippen LogP contribution in [0.2, 0.25) is 0 Å². The Labute approximate surface area is 268 Å². The molecule has 0 bridgehead atoms. The smallest absolute Gasteiger partial charge is 0.409 e. The van der Waals surface area contributed by atoms with Crippen molar-refractivity contribution in [1.82, 2.24) is 24.4 Å². The summed E-state index contributed by atoms with van der Waals surface area (Å²) < 4.78 is 39.2. The van der Waals surface area contributed by atoms with Crippen LogP contribution < -0.4 is 15.0 Å². The molecule has 0 saturated carbocycles. The number of thiazole rings is 1. The highest BCUT2D eigenvalue weighted by atomic mass is 35.5. The average Bonchev–Trinajstić information content (AvgIpc) is 3.48. The van der Waals surface area contributed by atoms with Crippen molar-refractivity contribution in [3.8, 4) is 5.75 Å². The van der Waals surface area contributed by atoms with Crippen LogP contribution in [0.15, 0.2) is 41.3 Å². The molecule has 2 amide bonds.